The second-order valence-corrected chi connectivity index (χ2v) is 8.14. The molecule has 0 radical (unpaired) electrons. The average molecular weight is 356 g/mol. The van der Waals surface area contributed by atoms with Crippen molar-refractivity contribution in [2.24, 2.45) is 0 Å². The van der Waals surface area contributed by atoms with Crippen molar-refractivity contribution in [1.82, 2.24) is 10.2 Å². The normalized spacial score (nSPS) is 13.9. The highest BCUT2D eigenvalue weighted by Gasteiger charge is 2.21. The molecule has 1 amide bonds. The Morgan fingerprint density at radius 3 is 3.14 bits per heavy atom. The second-order valence-electron chi connectivity index (χ2n) is 4.94. The molecule has 0 aromatic carbocycles. The number of carbonyl (C=O) groups excluding carboxylic acids is 1. The van der Waals surface area contributed by atoms with Crippen molar-refractivity contribution in [3.8, 4) is 0 Å². The first-order chi connectivity index (χ1) is 10.8. The van der Waals surface area contributed by atoms with E-state index in [9.17, 15) is 4.79 Å². The van der Waals surface area contributed by atoms with Gasteiger partial charge >= 0.3 is 0 Å². The molecule has 118 valence electrons. The number of aromatic nitrogens is 2. The zero-order chi connectivity index (χ0) is 15.4. The van der Waals surface area contributed by atoms with E-state index in [0.29, 0.717) is 11.7 Å². The molecule has 2 aromatic heterocycles. The van der Waals surface area contributed by atoms with Crippen LogP contribution in [0.4, 0.5) is 5.13 Å². The lowest BCUT2D eigenvalue weighted by molar-refractivity contribution is 0.102. The van der Waals surface area contributed by atoms with E-state index in [-0.39, 0.29) is 5.91 Å². The van der Waals surface area contributed by atoms with Crippen LogP contribution < -0.4 is 5.32 Å². The Morgan fingerprint density at radius 1 is 1.41 bits per heavy atom. The van der Waals surface area contributed by atoms with Crippen LogP contribution in [0.1, 0.15) is 33.6 Å². The molecule has 0 atom stereocenters. The molecule has 2 aromatic rings. The molecular weight excluding hydrogens is 338 g/mol. The number of carbonyl (C=O) groups is 1. The van der Waals surface area contributed by atoms with Gasteiger partial charge in [-0.1, -0.05) is 23.1 Å². The van der Waals surface area contributed by atoms with Crippen molar-refractivity contribution < 1.29 is 9.53 Å². The molecule has 2 heterocycles. The van der Waals surface area contributed by atoms with Crippen LogP contribution in [0.5, 0.6) is 0 Å². The van der Waals surface area contributed by atoms with E-state index in [0.717, 1.165) is 27.8 Å². The minimum atomic E-state index is -0.0576. The topological polar surface area (TPSA) is 64.1 Å². The van der Waals surface area contributed by atoms with Gasteiger partial charge in [-0.25, -0.2) is 0 Å². The zero-order valence-corrected chi connectivity index (χ0v) is 14.7. The molecule has 22 heavy (non-hydrogen) atoms. The quantitative estimate of drug-likeness (QED) is 0.488. The smallest absolute Gasteiger partial charge is 0.267 e. The number of methoxy groups -OCH3 is 1. The Kier molecular flexibility index (Phi) is 5.46. The molecule has 0 bridgehead atoms. The van der Waals surface area contributed by atoms with Crippen LogP contribution >= 0.6 is 34.4 Å². The van der Waals surface area contributed by atoms with Gasteiger partial charge in [-0.05, 0) is 42.2 Å². The van der Waals surface area contributed by atoms with Crippen LogP contribution in [0.25, 0.3) is 0 Å². The summed E-state index contributed by atoms with van der Waals surface area (Å²) in [5.74, 6) is 0.773. The fourth-order valence-corrected chi connectivity index (χ4v) is 5.17. The van der Waals surface area contributed by atoms with Crippen molar-refractivity contribution in [2.45, 2.75) is 30.0 Å². The largest absolute Gasteiger partial charge is 0.384 e. The lowest BCUT2D eigenvalue weighted by Crippen LogP contribution is -2.13. The van der Waals surface area contributed by atoms with Crippen LogP contribution in [0.15, 0.2) is 9.72 Å². The zero-order valence-electron chi connectivity index (χ0n) is 12.3. The van der Waals surface area contributed by atoms with Gasteiger partial charge in [0.25, 0.3) is 5.91 Å². The third-order valence-electron chi connectivity index (χ3n) is 3.45. The summed E-state index contributed by atoms with van der Waals surface area (Å²) in [5.41, 5.74) is 2.57. The van der Waals surface area contributed by atoms with Gasteiger partial charge in [0.15, 0.2) is 4.34 Å². The molecule has 1 aliphatic carbocycles. The fraction of sp³-hybridized carbons (Fsp3) is 0.500. The number of amides is 1. The molecule has 0 fully saturated rings. The van der Waals surface area contributed by atoms with E-state index in [1.54, 1.807) is 18.9 Å². The molecule has 0 saturated carbocycles. The van der Waals surface area contributed by atoms with E-state index >= 15 is 0 Å². The van der Waals surface area contributed by atoms with E-state index in [1.807, 2.05) is 0 Å². The molecule has 0 spiro atoms. The van der Waals surface area contributed by atoms with Crippen LogP contribution in [0.3, 0.4) is 0 Å². The van der Waals surface area contributed by atoms with Crippen LogP contribution in [-0.2, 0) is 17.6 Å². The molecule has 1 aliphatic rings. The van der Waals surface area contributed by atoms with Crippen LogP contribution in [0, 0.1) is 0 Å². The summed E-state index contributed by atoms with van der Waals surface area (Å²) in [6, 6.07) is 0. The molecular formula is C14H17N3O2S3. The maximum absolute atomic E-state index is 12.4. The van der Waals surface area contributed by atoms with Gasteiger partial charge < -0.3 is 4.74 Å². The minimum Gasteiger partial charge on any atom is -0.384 e. The summed E-state index contributed by atoms with van der Waals surface area (Å²) in [7, 11) is 1.67. The molecule has 1 N–H and O–H groups in total. The number of rotatable bonds is 6. The number of aryl methyl sites for hydroxylation is 1. The molecule has 0 aliphatic heterocycles. The molecule has 0 unspecified atom stereocenters. The first-order valence-electron chi connectivity index (χ1n) is 7.13. The summed E-state index contributed by atoms with van der Waals surface area (Å²) in [4.78, 5) is 13.3. The summed E-state index contributed by atoms with van der Waals surface area (Å²) in [5, 5.41) is 13.7. The standard InChI is InChI=1S/C14H17N3O2S3/c1-19-6-7-20-14-17-16-13(22-14)15-12(18)11-10-5-3-2-4-9(10)8-21-11/h8H,2-7H2,1H3,(H,15,16,18). The van der Waals surface area contributed by atoms with Crippen molar-refractivity contribution >= 4 is 45.5 Å². The van der Waals surface area contributed by atoms with Crippen molar-refractivity contribution in [3.05, 3.63) is 21.4 Å². The number of ether oxygens (including phenoxy) is 1. The number of hydrogen-bond acceptors (Lipinski definition) is 7. The second kappa shape index (κ2) is 7.54. The Balaban J connectivity index is 1.63. The van der Waals surface area contributed by atoms with Gasteiger partial charge in [-0.2, -0.15) is 0 Å². The lowest BCUT2D eigenvalue weighted by Gasteiger charge is -2.12. The number of fused-ring (bicyclic) bond motifs is 1. The van der Waals surface area contributed by atoms with Crippen LogP contribution in [0.2, 0.25) is 0 Å². The number of nitrogens with zero attached hydrogens (tertiary/aromatic N) is 2. The predicted molar refractivity (Wildman–Crippen MR) is 91.4 cm³/mol. The fourth-order valence-electron chi connectivity index (χ4n) is 2.39. The van der Waals surface area contributed by atoms with Crippen LogP contribution in [-0.4, -0.2) is 35.6 Å². The van der Waals surface area contributed by atoms with Gasteiger partial charge in [0.2, 0.25) is 5.13 Å². The Morgan fingerprint density at radius 2 is 2.27 bits per heavy atom. The monoisotopic (exact) mass is 355 g/mol. The maximum atomic E-state index is 12.4. The number of thiophene rings is 1. The van der Waals surface area contributed by atoms with Gasteiger partial charge in [0.05, 0.1) is 11.5 Å². The summed E-state index contributed by atoms with van der Waals surface area (Å²) < 4.78 is 5.85. The van der Waals surface area contributed by atoms with Crippen molar-refractivity contribution in [1.29, 1.82) is 0 Å². The van der Waals surface area contributed by atoms with Crippen molar-refractivity contribution in [2.75, 3.05) is 24.8 Å². The maximum Gasteiger partial charge on any atom is 0.267 e. The van der Waals surface area contributed by atoms with E-state index < -0.39 is 0 Å². The molecule has 3 rings (SSSR count). The summed E-state index contributed by atoms with van der Waals surface area (Å²) in [6.45, 7) is 0.674. The SMILES string of the molecule is COCCSc1nnc(NC(=O)c2scc3c2CCCC3)s1. The third-order valence-corrected chi connectivity index (χ3v) is 6.46. The Bertz CT molecular complexity index is 654. The molecule has 5 nitrogen and oxygen atoms in total. The molecule has 8 heteroatoms. The van der Waals surface area contributed by atoms with Gasteiger partial charge in [-0.3, -0.25) is 10.1 Å². The Labute approximate surface area is 141 Å². The minimum absolute atomic E-state index is 0.0576. The highest BCUT2D eigenvalue weighted by atomic mass is 32.2. The van der Waals surface area contributed by atoms with Crippen molar-refractivity contribution in [3.63, 3.8) is 0 Å². The first kappa shape index (κ1) is 15.9. The van der Waals surface area contributed by atoms with Gasteiger partial charge in [0.1, 0.15) is 0 Å². The predicted octanol–water partition coefficient (Wildman–Crippen LogP) is 3.47. The highest BCUT2D eigenvalue weighted by Crippen LogP contribution is 2.31. The lowest BCUT2D eigenvalue weighted by atomic mass is 9.94. The number of anilines is 1. The third kappa shape index (κ3) is 3.68. The molecule has 0 saturated heterocycles. The van der Waals surface area contributed by atoms with E-state index in [4.69, 9.17) is 4.74 Å². The van der Waals surface area contributed by atoms with E-state index in [2.05, 4.69) is 20.9 Å². The summed E-state index contributed by atoms with van der Waals surface area (Å²) in [6.07, 6.45) is 4.50. The number of thioether (sulfide) groups is 1. The Hall–Kier alpha value is -0.960. The van der Waals surface area contributed by atoms with Gasteiger partial charge in [0, 0.05) is 12.9 Å². The highest BCUT2D eigenvalue weighted by molar-refractivity contribution is 8.01. The average Bonchev–Trinajstić information content (AvgIpc) is 3.14. The summed E-state index contributed by atoms with van der Waals surface area (Å²) >= 11 is 4.53. The number of hydrogen-bond donors (Lipinski definition) is 1. The van der Waals surface area contributed by atoms with Gasteiger partial charge in [-0.15, -0.1) is 21.5 Å². The number of nitrogens with one attached hydrogen (secondary N) is 1. The first-order valence-corrected chi connectivity index (χ1v) is 9.82. The van der Waals surface area contributed by atoms with E-state index in [1.165, 1.54) is 46.6 Å².